The molecule has 0 aliphatic carbocycles. The summed E-state index contributed by atoms with van der Waals surface area (Å²) >= 11 is 0. The Hall–Kier alpha value is -3.25. The fourth-order valence-electron chi connectivity index (χ4n) is 2.37. The van der Waals surface area contributed by atoms with Crippen LogP contribution in [0.2, 0.25) is 0 Å². The predicted octanol–water partition coefficient (Wildman–Crippen LogP) is 2.61. The fraction of sp³-hybridized carbons (Fsp3) is 0.235. The molecule has 1 atom stereocenters. The Labute approximate surface area is 135 Å². The lowest BCUT2D eigenvalue weighted by Crippen LogP contribution is -2.15. The highest BCUT2D eigenvalue weighted by Gasteiger charge is 2.21. The summed E-state index contributed by atoms with van der Waals surface area (Å²) in [4.78, 5) is 5.80. The number of pyridine rings is 1. The quantitative estimate of drug-likeness (QED) is 0.932. The second-order valence-corrected chi connectivity index (χ2v) is 5.19. The van der Waals surface area contributed by atoms with Crippen LogP contribution in [0.1, 0.15) is 29.7 Å². The van der Waals surface area contributed by atoms with E-state index in [0.29, 0.717) is 22.4 Å². The number of ether oxygens (including phenoxy) is 1. The summed E-state index contributed by atoms with van der Waals surface area (Å²) in [5, 5.41) is 18.9. The van der Waals surface area contributed by atoms with Gasteiger partial charge in [0.25, 0.3) is 0 Å². The van der Waals surface area contributed by atoms with Crippen LogP contribution in [0.15, 0.2) is 30.5 Å². The lowest BCUT2D eigenvalue weighted by atomic mass is 9.96. The van der Waals surface area contributed by atoms with Crippen LogP contribution in [0.25, 0.3) is 0 Å². The summed E-state index contributed by atoms with van der Waals surface area (Å²) in [5.74, 6) is 0.683. The molecule has 0 saturated heterocycles. The first-order chi connectivity index (χ1) is 11.0. The molecule has 1 aromatic heterocycles. The van der Waals surface area contributed by atoms with Crippen LogP contribution in [0, 0.1) is 22.7 Å². The van der Waals surface area contributed by atoms with Crippen molar-refractivity contribution in [1.82, 2.24) is 4.98 Å². The van der Waals surface area contributed by atoms with Gasteiger partial charge in [0, 0.05) is 25.9 Å². The van der Waals surface area contributed by atoms with Gasteiger partial charge in [-0.05, 0) is 31.2 Å². The minimum atomic E-state index is -0.523. The van der Waals surface area contributed by atoms with Crippen molar-refractivity contribution in [3.8, 4) is 17.9 Å². The molecule has 6 heteroatoms. The topological polar surface area (TPSA) is 99.0 Å². The average molecular weight is 307 g/mol. The van der Waals surface area contributed by atoms with Gasteiger partial charge in [-0.3, -0.25) is 0 Å². The largest absolute Gasteiger partial charge is 0.482 e. The molecule has 2 aromatic rings. The van der Waals surface area contributed by atoms with E-state index in [0.717, 1.165) is 5.69 Å². The van der Waals surface area contributed by atoms with Gasteiger partial charge in [0.05, 0.1) is 22.9 Å². The molecule has 0 bridgehead atoms. The Balaban J connectivity index is 2.53. The molecule has 0 saturated carbocycles. The van der Waals surface area contributed by atoms with Crippen LogP contribution in [-0.4, -0.2) is 19.1 Å². The molecule has 0 radical (unpaired) electrons. The zero-order valence-corrected chi connectivity index (χ0v) is 13.2. The van der Waals surface area contributed by atoms with Crippen molar-refractivity contribution in [2.75, 3.05) is 24.7 Å². The molecule has 0 fully saturated rings. The summed E-state index contributed by atoms with van der Waals surface area (Å²) in [7, 11) is 3.69. The molecule has 1 unspecified atom stereocenters. The number of benzene rings is 1. The van der Waals surface area contributed by atoms with Crippen molar-refractivity contribution >= 4 is 11.5 Å². The van der Waals surface area contributed by atoms with E-state index >= 15 is 0 Å². The molecule has 2 N–H and O–H groups in total. The second-order valence-electron chi connectivity index (χ2n) is 5.19. The lowest BCUT2D eigenvalue weighted by Gasteiger charge is -2.22. The molecule has 23 heavy (non-hydrogen) atoms. The fourth-order valence-corrected chi connectivity index (χ4v) is 2.37. The monoisotopic (exact) mass is 307 g/mol. The van der Waals surface area contributed by atoms with Crippen molar-refractivity contribution in [1.29, 1.82) is 10.5 Å². The maximum atomic E-state index is 9.56. The summed E-state index contributed by atoms with van der Waals surface area (Å²) in [6.07, 6.45) is 1.05. The number of nitrogens with zero attached hydrogens (tertiary/aromatic N) is 4. The first-order valence-electron chi connectivity index (χ1n) is 7.01. The van der Waals surface area contributed by atoms with Crippen LogP contribution in [0.4, 0.5) is 11.5 Å². The Bertz CT molecular complexity index is 802. The number of aromatic nitrogens is 1. The second kappa shape index (κ2) is 6.67. The minimum Gasteiger partial charge on any atom is -0.482 e. The van der Waals surface area contributed by atoms with Crippen LogP contribution >= 0.6 is 0 Å². The summed E-state index contributed by atoms with van der Waals surface area (Å²) in [6, 6.07) is 11.2. The molecular formula is C17H17N5O. The molecule has 0 aliphatic rings. The van der Waals surface area contributed by atoms with E-state index in [-0.39, 0.29) is 5.82 Å². The minimum absolute atomic E-state index is 0.264. The first kappa shape index (κ1) is 16.1. The van der Waals surface area contributed by atoms with Gasteiger partial charge in [0.15, 0.2) is 11.6 Å². The highest BCUT2D eigenvalue weighted by Crippen LogP contribution is 2.33. The third-order valence-electron chi connectivity index (χ3n) is 3.45. The highest BCUT2D eigenvalue weighted by atomic mass is 16.5. The highest BCUT2D eigenvalue weighted by molar-refractivity contribution is 5.66. The van der Waals surface area contributed by atoms with Gasteiger partial charge in [-0.2, -0.15) is 10.5 Å². The van der Waals surface area contributed by atoms with Gasteiger partial charge >= 0.3 is 0 Å². The van der Waals surface area contributed by atoms with Gasteiger partial charge in [-0.1, -0.05) is 0 Å². The van der Waals surface area contributed by atoms with E-state index in [9.17, 15) is 10.5 Å². The Kier molecular flexibility index (Phi) is 4.68. The number of rotatable bonds is 4. The SMILES string of the molecule is CC(Oc1cccnc1N)c1c(C#N)ccc(N(C)C)c1C#N. The van der Waals surface area contributed by atoms with E-state index in [1.54, 1.807) is 37.4 Å². The maximum absolute atomic E-state index is 9.56. The smallest absolute Gasteiger partial charge is 0.166 e. The van der Waals surface area contributed by atoms with E-state index in [4.69, 9.17) is 10.5 Å². The molecule has 1 heterocycles. The van der Waals surface area contributed by atoms with Gasteiger partial charge in [0.1, 0.15) is 12.2 Å². The van der Waals surface area contributed by atoms with Gasteiger partial charge in [-0.15, -0.1) is 0 Å². The van der Waals surface area contributed by atoms with Crippen molar-refractivity contribution < 1.29 is 4.74 Å². The molecule has 0 spiro atoms. The Morgan fingerprint density at radius 3 is 2.52 bits per heavy atom. The first-order valence-corrected chi connectivity index (χ1v) is 7.01. The van der Waals surface area contributed by atoms with E-state index in [1.165, 1.54) is 0 Å². The number of nitrogen functional groups attached to an aromatic ring is 1. The normalized spacial score (nSPS) is 11.2. The number of nitrogens with two attached hydrogens (primary N) is 1. The summed E-state index contributed by atoms with van der Waals surface area (Å²) in [6.45, 7) is 1.78. The third-order valence-corrected chi connectivity index (χ3v) is 3.45. The molecule has 1 aromatic carbocycles. The van der Waals surface area contributed by atoms with Gasteiger partial charge in [0.2, 0.25) is 0 Å². The van der Waals surface area contributed by atoms with Crippen LogP contribution in [0.3, 0.4) is 0 Å². The molecule has 2 rings (SSSR count). The van der Waals surface area contributed by atoms with Gasteiger partial charge in [-0.25, -0.2) is 4.98 Å². The molecule has 6 nitrogen and oxygen atoms in total. The Morgan fingerprint density at radius 2 is 1.96 bits per heavy atom. The summed E-state index contributed by atoms with van der Waals surface area (Å²) in [5.41, 5.74) is 7.90. The molecule has 0 amide bonds. The zero-order chi connectivity index (χ0) is 17.0. The van der Waals surface area contributed by atoms with Crippen LogP contribution < -0.4 is 15.4 Å². The lowest BCUT2D eigenvalue weighted by molar-refractivity contribution is 0.227. The number of nitriles is 2. The number of hydrogen-bond acceptors (Lipinski definition) is 6. The van der Waals surface area contributed by atoms with Crippen molar-refractivity contribution in [3.05, 3.63) is 47.2 Å². The number of hydrogen-bond donors (Lipinski definition) is 1. The average Bonchev–Trinajstić information content (AvgIpc) is 2.55. The van der Waals surface area contributed by atoms with E-state index < -0.39 is 6.10 Å². The predicted molar refractivity (Wildman–Crippen MR) is 87.9 cm³/mol. The van der Waals surface area contributed by atoms with E-state index in [2.05, 4.69) is 17.1 Å². The van der Waals surface area contributed by atoms with Gasteiger partial charge < -0.3 is 15.4 Å². The molecule has 116 valence electrons. The molecule has 0 aliphatic heterocycles. The zero-order valence-electron chi connectivity index (χ0n) is 13.2. The van der Waals surface area contributed by atoms with Crippen molar-refractivity contribution in [3.63, 3.8) is 0 Å². The summed E-state index contributed by atoms with van der Waals surface area (Å²) < 4.78 is 5.84. The van der Waals surface area contributed by atoms with Crippen LogP contribution in [0.5, 0.6) is 5.75 Å². The number of anilines is 2. The third kappa shape index (κ3) is 3.17. The van der Waals surface area contributed by atoms with Crippen molar-refractivity contribution in [2.45, 2.75) is 13.0 Å². The maximum Gasteiger partial charge on any atom is 0.166 e. The standard InChI is InChI=1S/C17H17N5O/c1-11(23-15-5-4-8-21-17(15)20)16-12(9-18)6-7-14(22(2)3)13(16)10-19/h4-8,11H,1-3H3,(H2,20,21). The van der Waals surface area contributed by atoms with Crippen molar-refractivity contribution in [2.24, 2.45) is 0 Å². The van der Waals surface area contributed by atoms with Crippen LogP contribution in [-0.2, 0) is 0 Å². The Morgan fingerprint density at radius 1 is 1.22 bits per heavy atom. The molecular weight excluding hydrogens is 290 g/mol. The van der Waals surface area contributed by atoms with E-state index in [1.807, 2.05) is 19.0 Å².